The van der Waals surface area contributed by atoms with Crippen molar-refractivity contribution in [3.8, 4) is 22.8 Å². The van der Waals surface area contributed by atoms with E-state index in [-0.39, 0.29) is 5.75 Å². The van der Waals surface area contributed by atoms with Gasteiger partial charge in [-0.2, -0.15) is 0 Å². The highest BCUT2D eigenvalue weighted by molar-refractivity contribution is 5.65. The quantitative estimate of drug-likeness (QED) is 0.743. The third-order valence-electron chi connectivity index (χ3n) is 5.18. The fourth-order valence-electron chi connectivity index (χ4n) is 3.78. The summed E-state index contributed by atoms with van der Waals surface area (Å²) in [5.74, 6) is 1.94. The summed E-state index contributed by atoms with van der Waals surface area (Å²) in [5, 5.41) is 9.64. The molecule has 1 aromatic heterocycles. The van der Waals surface area contributed by atoms with Crippen molar-refractivity contribution < 1.29 is 9.84 Å². The van der Waals surface area contributed by atoms with Crippen LogP contribution in [0, 0.1) is 6.92 Å². The summed E-state index contributed by atoms with van der Waals surface area (Å²) in [7, 11) is 1.69. The maximum atomic E-state index is 9.64. The topological polar surface area (TPSA) is 58.5 Å². The van der Waals surface area contributed by atoms with Crippen molar-refractivity contribution in [2.45, 2.75) is 32.9 Å². The summed E-state index contributed by atoms with van der Waals surface area (Å²) in [6.07, 6.45) is 2.04. The molecule has 0 saturated heterocycles. The first-order valence-electron chi connectivity index (χ1n) is 9.63. The molecule has 0 radical (unpaired) electrons. The van der Waals surface area contributed by atoms with E-state index in [1.165, 1.54) is 11.1 Å². The molecule has 144 valence electrons. The maximum absolute atomic E-state index is 9.64. The van der Waals surface area contributed by atoms with Crippen molar-refractivity contribution in [2.24, 2.45) is 0 Å². The Morgan fingerprint density at radius 3 is 2.50 bits per heavy atom. The van der Waals surface area contributed by atoms with Gasteiger partial charge in [-0.3, -0.25) is 4.90 Å². The van der Waals surface area contributed by atoms with Crippen molar-refractivity contribution in [1.29, 1.82) is 0 Å². The van der Waals surface area contributed by atoms with E-state index in [1.54, 1.807) is 19.2 Å². The van der Waals surface area contributed by atoms with Crippen LogP contribution in [0.4, 0.5) is 0 Å². The van der Waals surface area contributed by atoms with Gasteiger partial charge in [-0.05, 0) is 68.3 Å². The van der Waals surface area contributed by atoms with Crippen molar-refractivity contribution in [2.75, 3.05) is 13.7 Å². The number of aromatic nitrogens is 2. The highest BCUT2D eigenvalue weighted by Crippen LogP contribution is 2.29. The minimum absolute atomic E-state index is 0.266. The van der Waals surface area contributed by atoms with Gasteiger partial charge >= 0.3 is 0 Å². The van der Waals surface area contributed by atoms with Crippen LogP contribution in [0.2, 0.25) is 0 Å². The standard InChI is InChI=1S/C23H25N3O2/c1-16-24-22-4-3-13-26(14-17-5-11-20(28-2)12-6-17)15-21(22)23(25-16)18-7-9-19(27)10-8-18/h5-12,27H,3-4,13-15H2,1-2H3. The normalized spacial score (nSPS) is 14.4. The van der Waals surface area contributed by atoms with Gasteiger partial charge in [0.25, 0.3) is 0 Å². The van der Waals surface area contributed by atoms with Crippen molar-refractivity contribution in [3.05, 3.63) is 71.2 Å². The molecule has 0 amide bonds. The number of phenols is 1. The molecular formula is C23H25N3O2. The zero-order chi connectivity index (χ0) is 19.5. The van der Waals surface area contributed by atoms with Crippen LogP contribution in [0.5, 0.6) is 11.5 Å². The lowest BCUT2D eigenvalue weighted by Crippen LogP contribution is -2.23. The number of hydrogen-bond donors (Lipinski definition) is 1. The highest BCUT2D eigenvalue weighted by Gasteiger charge is 2.21. The molecule has 3 aromatic rings. The lowest BCUT2D eigenvalue weighted by Gasteiger charge is -2.22. The zero-order valence-corrected chi connectivity index (χ0v) is 16.4. The van der Waals surface area contributed by atoms with E-state index in [2.05, 4.69) is 17.0 Å². The lowest BCUT2D eigenvalue weighted by atomic mass is 10.0. The molecule has 0 aliphatic carbocycles. The zero-order valence-electron chi connectivity index (χ0n) is 16.4. The number of fused-ring (bicyclic) bond motifs is 1. The average Bonchev–Trinajstić information content (AvgIpc) is 2.90. The van der Waals surface area contributed by atoms with Crippen LogP contribution in [-0.2, 0) is 19.5 Å². The number of methoxy groups -OCH3 is 1. The molecule has 4 rings (SSSR count). The summed E-state index contributed by atoms with van der Waals surface area (Å²) < 4.78 is 5.26. The largest absolute Gasteiger partial charge is 0.508 e. The highest BCUT2D eigenvalue weighted by atomic mass is 16.5. The van der Waals surface area contributed by atoms with E-state index >= 15 is 0 Å². The Morgan fingerprint density at radius 1 is 1.04 bits per heavy atom. The van der Waals surface area contributed by atoms with Crippen LogP contribution in [0.25, 0.3) is 11.3 Å². The van der Waals surface area contributed by atoms with Crippen LogP contribution < -0.4 is 4.74 Å². The molecular weight excluding hydrogens is 350 g/mol. The number of nitrogens with zero attached hydrogens (tertiary/aromatic N) is 3. The molecule has 28 heavy (non-hydrogen) atoms. The van der Waals surface area contributed by atoms with Crippen molar-refractivity contribution in [1.82, 2.24) is 14.9 Å². The molecule has 1 N–H and O–H groups in total. The maximum Gasteiger partial charge on any atom is 0.126 e. The Bertz CT molecular complexity index is 953. The second-order valence-corrected chi connectivity index (χ2v) is 7.25. The van der Waals surface area contributed by atoms with Crippen LogP contribution in [0.1, 0.15) is 29.1 Å². The van der Waals surface area contributed by atoms with E-state index in [9.17, 15) is 5.11 Å². The van der Waals surface area contributed by atoms with Gasteiger partial charge in [0.05, 0.1) is 12.8 Å². The van der Waals surface area contributed by atoms with E-state index in [1.807, 2.05) is 31.2 Å². The minimum atomic E-state index is 0.266. The number of ether oxygens (including phenoxy) is 1. The first-order chi connectivity index (χ1) is 13.6. The van der Waals surface area contributed by atoms with Crippen LogP contribution >= 0.6 is 0 Å². The van der Waals surface area contributed by atoms with Crippen LogP contribution in [-0.4, -0.2) is 33.6 Å². The van der Waals surface area contributed by atoms with Gasteiger partial charge < -0.3 is 9.84 Å². The summed E-state index contributed by atoms with van der Waals surface area (Å²) >= 11 is 0. The number of benzene rings is 2. The Hall–Kier alpha value is -2.92. The molecule has 5 heteroatoms. The van der Waals surface area contributed by atoms with Gasteiger partial charge in [0.2, 0.25) is 0 Å². The number of phenolic OH excluding ortho intramolecular Hbond substituents is 1. The number of aromatic hydroxyl groups is 1. The molecule has 0 atom stereocenters. The van der Waals surface area contributed by atoms with E-state index < -0.39 is 0 Å². The van der Waals surface area contributed by atoms with Gasteiger partial charge in [0.1, 0.15) is 17.3 Å². The van der Waals surface area contributed by atoms with Crippen LogP contribution in [0.15, 0.2) is 48.5 Å². The van der Waals surface area contributed by atoms with Gasteiger partial charge in [-0.15, -0.1) is 0 Å². The Balaban J connectivity index is 1.65. The van der Waals surface area contributed by atoms with E-state index in [4.69, 9.17) is 14.7 Å². The first kappa shape index (κ1) is 18.4. The first-order valence-corrected chi connectivity index (χ1v) is 9.63. The predicted octanol–water partition coefficient (Wildman–Crippen LogP) is 4.11. The molecule has 0 fully saturated rings. The molecule has 0 bridgehead atoms. The summed E-state index contributed by atoms with van der Waals surface area (Å²) in [4.78, 5) is 11.9. The number of aryl methyl sites for hydroxylation is 2. The number of hydrogen-bond acceptors (Lipinski definition) is 5. The molecule has 2 heterocycles. The average molecular weight is 375 g/mol. The van der Waals surface area contributed by atoms with E-state index in [0.717, 1.165) is 61.0 Å². The van der Waals surface area contributed by atoms with Crippen LogP contribution in [0.3, 0.4) is 0 Å². The SMILES string of the molecule is COc1ccc(CN2CCCc3nc(C)nc(-c4ccc(O)cc4)c3C2)cc1. The van der Waals surface area contributed by atoms with E-state index in [0.29, 0.717) is 0 Å². The second kappa shape index (κ2) is 7.98. The Morgan fingerprint density at radius 2 is 1.79 bits per heavy atom. The molecule has 1 aliphatic heterocycles. The Kier molecular flexibility index (Phi) is 5.26. The smallest absolute Gasteiger partial charge is 0.126 e. The van der Waals surface area contributed by atoms with Gasteiger partial charge in [-0.25, -0.2) is 9.97 Å². The van der Waals surface area contributed by atoms with Crippen molar-refractivity contribution in [3.63, 3.8) is 0 Å². The van der Waals surface area contributed by atoms with Gasteiger partial charge in [-0.1, -0.05) is 12.1 Å². The van der Waals surface area contributed by atoms with Gasteiger partial charge in [0, 0.05) is 29.9 Å². The molecule has 0 unspecified atom stereocenters. The van der Waals surface area contributed by atoms with Gasteiger partial charge in [0.15, 0.2) is 0 Å². The Labute approximate surface area is 165 Å². The lowest BCUT2D eigenvalue weighted by molar-refractivity contribution is 0.261. The molecule has 5 nitrogen and oxygen atoms in total. The second-order valence-electron chi connectivity index (χ2n) is 7.25. The third kappa shape index (κ3) is 3.99. The monoisotopic (exact) mass is 375 g/mol. The summed E-state index contributed by atoms with van der Waals surface area (Å²) in [5.41, 5.74) is 5.61. The minimum Gasteiger partial charge on any atom is -0.508 e. The molecule has 1 aliphatic rings. The molecule has 0 saturated carbocycles. The summed E-state index contributed by atoms with van der Waals surface area (Å²) in [6, 6.07) is 15.5. The fraction of sp³-hybridized carbons (Fsp3) is 0.304. The van der Waals surface area contributed by atoms with Crippen molar-refractivity contribution >= 4 is 0 Å². The molecule has 2 aromatic carbocycles. The fourth-order valence-corrected chi connectivity index (χ4v) is 3.78. The molecule has 0 spiro atoms. The third-order valence-corrected chi connectivity index (χ3v) is 5.18. The number of rotatable bonds is 4. The predicted molar refractivity (Wildman–Crippen MR) is 109 cm³/mol. The summed E-state index contributed by atoms with van der Waals surface area (Å²) in [6.45, 7) is 4.67.